The summed E-state index contributed by atoms with van der Waals surface area (Å²) < 4.78 is 3.07. The maximum absolute atomic E-state index is 10.6. The monoisotopic (exact) mass is 281 g/mol. The van der Waals surface area contributed by atoms with Crippen LogP contribution in [0.5, 0.6) is 0 Å². The number of para-hydroxylation sites is 1. The summed E-state index contributed by atoms with van der Waals surface area (Å²) in [5.74, 6) is -0.759. The highest BCUT2D eigenvalue weighted by Gasteiger charge is 2.09. The van der Waals surface area contributed by atoms with Crippen molar-refractivity contribution in [3.63, 3.8) is 0 Å². The van der Waals surface area contributed by atoms with Crippen molar-refractivity contribution in [1.82, 2.24) is 4.57 Å². The molecule has 0 saturated carbocycles. The molecule has 0 atom stereocenters. The summed E-state index contributed by atoms with van der Waals surface area (Å²) in [6.07, 6.45) is 2.73. The van der Waals surface area contributed by atoms with Gasteiger partial charge in [-0.2, -0.15) is 0 Å². The Balaban J connectivity index is 2.48. The van der Waals surface area contributed by atoms with E-state index in [0.29, 0.717) is 6.42 Å². The van der Waals surface area contributed by atoms with Gasteiger partial charge < -0.3 is 9.67 Å². The summed E-state index contributed by atoms with van der Waals surface area (Å²) in [6.45, 7) is 0. The molecule has 0 fully saturated rings. The summed E-state index contributed by atoms with van der Waals surface area (Å²) in [5.41, 5.74) is 2.18. The number of carboxylic acid groups (broad SMARTS) is 1. The molecular weight excluding hydrogens is 270 g/mol. The first kappa shape index (κ1) is 11.2. The lowest BCUT2D eigenvalue weighted by Gasteiger charge is -2.04. The minimum absolute atomic E-state index is 0.169. The maximum atomic E-state index is 10.6. The van der Waals surface area contributed by atoms with Crippen molar-refractivity contribution in [2.45, 2.75) is 12.8 Å². The summed E-state index contributed by atoms with van der Waals surface area (Å²) in [5, 5.41) is 9.84. The van der Waals surface area contributed by atoms with E-state index in [1.54, 1.807) is 0 Å². The molecule has 0 bridgehead atoms. The van der Waals surface area contributed by atoms with E-state index in [1.807, 2.05) is 36.0 Å². The van der Waals surface area contributed by atoms with Crippen LogP contribution in [-0.4, -0.2) is 15.6 Å². The fourth-order valence-electron chi connectivity index (χ4n) is 1.95. The molecule has 0 unspecified atom stereocenters. The van der Waals surface area contributed by atoms with E-state index in [1.165, 1.54) is 0 Å². The van der Waals surface area contributed by atoms with Crippen LogP contribution in [0.25, 0.3) is 10.9 Å². The molecule has 0 aliphatic carbocycles. The molecule has 1 heterocycles. The van der Waals surface area contributed by atoms with Crippen LogP contribution in [0.4, 0.5) is 0 Å². The lowest BCUT2D eigenvalue weighted by Crippen LogP contribution is -1.99. The number of fused-ring (bicyclic) bond motifs is 1. The molecule has 0 aliphatic rings. The summed E-state index contributed by atoms with van der Waals surface area (Å²) >= 11 is 3.49. The van der Waals surface area contributed by atoms with E-state index >= 15 is 0 Å². The number of benzene rings is 1. The first-order chi connectivity index (χ1) is 7.59. The normalized spacial score (nSPS) is 10.9. The Hall–Kier alpha value is -1.29. The number of aliphatic carboxylic acids is 1. The van der Waals surface area contributed by atoms with Crippen LogP contribution in [0.2, 0.25) is 0 Å². The summed E-state index contributed by atoms with van der Waals surface area (Å²) in [7, 11) is 1.97. The highest BCUT2D eigenvalue weighted by molar-refractivity contribution is 9.10. The second-order valence-electron chi connectivity index (χ2n) is 3.79. The second-order valence-corrected chi connectivity index (χ2v) is 4.65. The van der Waals surface area contributed by atoms with Crippen LogP contribution in [0.3, 0.4) is 0 Å². The quantitative estimate of drug-likeness (QED) is 0.940. The van der Waals surface area contributed by atoms with Gasteiger partial charge in [0.1, 0.15) is 0 Å². The van der Waals surface area contributed by atoms with Crippen molar-refractivity contribution in [2.24, 2.45) is 7.05 Å². The number of nitrogens with zero attached hydrogens (tertiary/aromatic N) is 1. The average Bonchev–Trinajstić information content (AvgIpc) is 2.52. The summed E-state index contributed by atoms with van der Waals surface area (Å²) in [6, 6.07) is 5.98. The highest BCUT2D eigenvalue weighted by atomic mass is 79.9. The third-order valence-corrected chi connectivity index (χ3v) is 3.28. The van der Waals surface area contributed by atoms with Gasteiger partial charge in [0.2, 0.25) is 0 Å². The third-order valence-electron chi connectivity index (χ3n) is 2.64. The molecule has 0 saturated heterocycles. The molecule has 1 aromatic heterocycles. The van der Waals surface area contributed by atoms with Crippen LogP contribution in [0.15, 0.2) is 28.9 Å². The SMILES string of the molecule is Cn1cc(Br)c2cccc(CCC(=O)O)c21. The lowest BCUT2D eigenvalue weighted by molar-refractivity contribution is -0.136. The van der Waals surface area contributed by atoms with Gasteiger partial charge in [-0.05, 0) is 27.9 Å². The van der Waals surface area contributed by atoms with Gasteiger partial charge in [-0.3, -0.25) is 4.79 Å². The zero-order valence-electron chi connectivity index (χ0n) is 8.90. The fourth-order valence-corrected chi connectivity index (χ4v) is 2.58. The zero-order chi connectivity index (χ0) is 11.7. The van der Waals surface area contributed by atoms with Crippen LogP contribution in [0, 0.1) is 0 Å². The van der Waals surface area contributed by atoms with E-state index in [4.69, 9.17) is 5.11 Å². The molecule has 0 radical (unpaired) electrons. The van der Waals surface area contributed by atoms with Crippen molar-refractivity contribution in [1.29, 1.82) is 0 Å². The number of hydrogen-bond donors (Lipinski definition) is 1. The minimum Gasteiger partial charge on any atom is -0.481 e. The number of rotatable bonds is 3. The number of hydrogen-bond acceptors (Lipinski definition) is 1. The van der Waals surface area contributed by atoms with Gasteiger partial charge >= 0.3 is 5.97 Å². The maximum Gasteiger partial charge on any atom is 0.303 e. The van der Waals surface area contributed by atoms with Crippen molar-refractivity contribution in [2.75, 3.05) is 0 Å². The number of aromatic nitrogens is 1. The molecule has 1 aromatic carbocycles. The summed E-state index contributed by atoms with van der Waals surface area (Å²) in [4.78, 5) is 10.6. The largest absolute Gasteiger partial charge is 0.481 e. The lowest BCUT2D eigenvalue weighted by atomic mass is 10.1. The minimum atomic E-state index is -0.759. The molecule has 0 aliphatic heterocycles. The van der Waals surface area contributed by atoms with E-state index < -0.39 is 5.97 Å². The standard InChI is InChI=1S/C12H12BrNO2/c1-14-7-10(13)9-4-2-3-8(12(9)14)5-6-11(15)16/h2-4,7H,5-6H2,1H3,(H,15,16). The Morgan fingerprint density at radius 1 is 1.50 bits per heavy atom. The highest BCUT2D eigenvalue weighted by Crippen LogP contribution is 2.28. The van der Waals surface area contributed by atoms with Crippen molar-refractivity contribution < 1.29 is 9.90 Å². The Morgan fingerprint density at radius 3 is 2.94 bits per heavy atom. The van der Waals surface area contributed by atoms with Crippen molar-refractivity contribution >= 4 is 32.8 Å². The predicted octanol–water partition coefficient (Wildman–Crippen LogP) is 2.96. The molecule has 16 heavy (non-hydrogen) atoms. The molecule has 1 N–H and O–H groups in total. The Bertz CT molecular complexity index is 545. The Labute approximate surface area is 102 Å². The Morgan fingerprint density at radius 2 is 2.25 bits per heavy atom. The molecule has 4 heteroatoms. The van der Waals surface area contributed by atoms with Gasteiger partial charge in [0.25, 0.3) is 0 Å². The molecule has 2 aromatic rings. The third kappa shape index (κ3) is 1.97. The zero-order valence-corrected chi connectivity index (χ0v) is 10.5. The van der Waals surface area contributed by atoms with Crippen molar-refractivity contribution in [3.8, 4) is 0 Å². The average molecular weight is 282 g/mol. The number of carbonyl (C=O) groups is 1. The molecular formula is C12H12BrNO2. The van der Waals surface area contributed by atoms with Gasteiger partial charge in [0.15, 0.2) is 0 Å². The number of halogens is 1. The van der Waals surface area contributed by atoms with Crippen LogP contribution in [-0.2, 0) is 18.3 Å². The van der Waals surface area contributed by atoms with E-state index in [-0.39, 0.29) is 6.42 Å². The molecule has 0 amide bonds. The van der Waals surface area contributed by atoms with Crippen LogP contribution in [0.1, 0.15) is 12.0 Å². The smallest absolute Gasteiger partial charge is 0.303 e. The first-order valence-electron chi connectivity index (χ1n) is 5.04. The van der Waals surface area contributed by atoms with E-state index in [0.717, 1.165) is 20.9 Å². The molecule has 3 nitrogen and oxygen atoms in total. The second kappa shape index (κ2) is 4.29. The van der Waals surface area contributed by atoms with E-state index in [2.05, 4.69) is 15.9 Å². The number of carboxylic acids is 1. The van der Waals surface area contributed by atoms with Crippen LogP contribution < -0.4 is 0 Å². The predicted molar refractivity (Wildman–Crippen MR) is 66.6 cm³/mol. The molecule has 0 spiro atoms. The number of aryl methyl sites for hydroxylation is 2. The first-order valence-corrected chi connectivity index (χ1v) is 5.83. The Kier molecular flexibility index (Phi) is 3.01. The van der Waals surface area contributed by atoms with Crippen LogP contribution >= 0.6 is 15.9 Å². The fraction of sp³-hybridized carbons (Fsp3) is 0.250. The van der Waals surface area contributed by atoms with E-state index in [9.17, 15) is 4.79 Å². The van der Waals surface area contributed by atoms with Gasteiger partial charge in [-0.15, -0.1) is 0 Å². The molecule has 2 rings (SSSR count). The van der Waals surface area contributed by atoms with Gasteiger partial charge in [-0.1, -0.05) is 18.2 Å². The van der Waals surface area contributed by atoms with Gasteiger partial charge in [-0.25, -0.2) is 0 Å². The van der Waals surface area contributed by atoms with Gasteiger partial charge in [0.05, 0.1) is 5.52 Å². The van der Waals surface area contributed by atoms with Crippen molar-refractivity contribution in [3.05, 3.63) is 34.4 Å². The molecule has 84 valence electrons. The topological polar surface area (TPSA) is 42.2 Å². The van der Waals surface area contributed by atoms with Gasteiger partial charge in [0, 0.05) is 29.5 Å².